The predicted octanol–water partition coefficient (Wildman–Crippen LogP) is 2.42. The normalized spacial score (nSPS) is 17.3. The van der Waals surface area contributed by atoms with Gasteiger partial charge in [-0.1, -0.05) is 12.1 Å². The van der Waals surface area contributed by atoms with Gasteiger partial charge in [-0.3, -0.25) is 4.79 Å². The van der Waals surface area contributed by atoms with Gasteiger partial charge in [-0.25, -0.2) is 0 Å². The van der Waals surface area contributed by atoms with E-state index in [1.54, 1.807) is 0 Å². The molecule has 0 saturated heterocycles. The molecule has 0 bridgehead atoms. The minimum Gasteiger partial charge on any atom is -0.372 e. The van der Waals surface area contributed by atoms with Gasteiger partial charge in [-0.2, -0.15) is 0 Å². The van der Waals surface area contributed by atoms with E-state index in [9.17, 15) is 4.79 Å². The van der Waals surface area contributed by atoms with E-state index >= 15 is 0 Å². The van der Waals surface area contributed by atoms with Crippen molar-refractivity contribution in [1.29, 1.82) is 0 Å². The highest BCUT2D eigenvalue weighted by molar-refractivity contribution is 5.84. The van der Waals surface area contributed by atoms with E-state index < -0.39 is 0 Å². The van der Waals surface area contributed by atoms with Crippen molar-refractivity contribution in [3.63, 3.8) is 0 Å². The highest BCUT2D eigenvalue weighted by Crippen LogP contribution is 2.37. The quantitative estimate of drug-likeness (QED) is 0.745. The summed E-state index contributed by atoms with van der Waals surface area (Å²) in [4.78, 5) is 15.6. The van der Waals surface area contributed by atoms with Gasteiger partial charge in [0.1, 0.15) is 0 Å². The maximum absolute atomic E-state index is 11.1. The van der Waals surface area contributed by atoms with Crippen LogP contribution >= 0.6 is 0 Å². The number of rotatable bonds is 5. The summed E-state index contributed by atoms with van der Waals surface area (Å²) in [5, 5.41) is 0. The second kappa shape index (κ2) is 5.11. The first-order chi connectivity index (χ1) is 8.59. The zero-order chi connectivity index (χ0) is 13.2. The van der Waals surface area contributed by atoms with Crippen molar-refractivity contribution in [2.45, 2.75) is 24.8 Å². The van der Waals surface area contributed by atoms with Crippen molar-refractivity contribution < 1.29 is 4.79 Å². The third-order valence-corrected chi connectivity index (χ3v) is 4.24. The molecule has 98 valence electrons. The molecular weight excluding hydrogens is 224 g/mol. The molecule has 1 fully saturated rings. The third-order valence-electron chi connectivity index (χ3n) is 4.24. The number of para-hydroxylation sites is 1. The van der Waals surface area contributed by atoms with Crippen molar-refractivity contribution >= 4 is 12.0 Å². The van der Waals surface area contributed by atoms with E-state index in [1.807, 2.05) is 24.3 Å². The third kappa shape index (κ3) is 2.27. The van der Waals surface area contributed by atoms with E-state index in [0.29, 0.717) is 0 Å². The fourth-order valence-electron chi connectivity index (χ4n) is 2.79. The Bertz CT molecular complexity index is 424. The Hall–Kier alpha value is -1.35. The van der Waals surface area contributed by atoms with Gasteiger partial charge in [0.05, 0.1) is 0 Å². The van der Waals surface area contributed by atoms with Crippen LogP contribution in [0.3, 0.4) is 0 Å². The van der Waals surface area contributed by atoms with Crippen LogP contribution in [-0.4, -0.2) is 44.4 Å². The van der Waals surface area contributed by atoms with Crippen molar-refractivity contribution in [1.82, 2.24) is 4.90 Å². The monoisotopic (exact) mass is 246 g/mol. The molecule has 0 aromatic heterocycles. The number of hydrogen-bond acceptors (Lipinski definition) is 3. The molecule has 0 heterocycles. The van der Waals surface area contributed by atoms with Crippen LogP contribution in [0.1, 0.15) is 29.6 Å². The molecule has 3 nitrogen and oxygen atoms in total. The lowest BCUT2D eigenvalue weighted by Gasteiger charge is -2.49. The first-order valence-electron chi connectivity index (χ1n) is 6.52. The van der Waals surface area contributed by atoms with Crippen LogP contribution in [0.5, 0.6) is 0 Å². The van der Waals surface area contributed by atoms with Crippen molar-refractivity contribution in [2.24, 2.45) is 0 Å². The molecule has 0 aliphatic heterocycles. The number of aldehydes is 1. The Balaban J connectivity index is 2.16. The molecule has 1 aliphatic rings. The molecule has 0 atom stereocenters. The summed E-state index contributed by atoms with van der Waals surface area (Å²) in [6.45, 7) is 0.977. The summed E-state index contributed by atoms with van der Waals surface area (Å²) in [7, 11) is 6.38. The Morgan fingerprint density at radius 1 is 1.22 bits per heavy atom. The molecule has 1 aromatic carbocycles. The minimum absolute atomic E-state index is 0.282. The van der Waals surface area contributed by atoms with Gasteiger partial charge in [-0.05, 0) is 45.5 Å². The summed E-state index contributed by atoms with van der Waals surface area (Å²) < 4.78 is 0. The van der Waals surface area contributed by atoms with Gasteiger partial charge in [0, 0.05) is 30.4 Å². The lowest BCUT2D eigenvalue weighted by atomic mass is 9.75. The number of hydrogen-bond donors (Lipinski definition) is 0. The Morgan fingerprint density at radius 3 is 2.39 bits per heavy atom. The number of carbonyl (C=O) groups is 1. The van der Waals surface area contributed by atoms with Gasteiger partial charge in [0.2, 0.25) is 0 Å². The molecule has 1 aliphatic carbocycles. The van der Waals surface area contributed by atoms with E-state index in [-0.39, 0.29) is 5.54 Å². The SMILES string of the molecule is CN(CC1(N(C)C)CCC1)c1ccccc1C=O. The van der Waals surface area contributed by atoms with Crippen LogP contribution in [0.25, 0.3) is 0 Å². The fourth-order valence-corrected chi connectivity index (χ4v) is 2.79. The van der Waals surface area contributed by atoms with Crippen LogP contribution in [0.15, 0.2) is 24.3 Å². The van der Waals surface area contributed by atoms with Crippen LogP contribution in [0.4, 0.5) is 5.69 Å². The summed E-state index contributed by atoms with van der Waals surface area (Å²) in [5.74, 6) is 0. The Labute approximate surface area is 109 Å². The van der Waals surface area contributed by atoms with Crippen LogP contribution in [0, 0.1) is 0 Å². The van der Waals surface area contributed by atoms with E-state index in [4.69, 9.17) is 0 Å². The lowest BCUT2D eigenvalue weighted by Crippen LogP contribution is -2.56. The summed E-state index contributed by atoms with van der Waals surface area (Å²) in [6.07, 6.45) is 4.73. The van der Waals surface area contributed by atoms with E-state index in [2.05, 4.69) is 30.9 Å². The molecule has 0 unspecified atom stereocenters. The number of nitrogens with zero attached hydrogens (tertiary/aromatic N) is 2. The highest BCUT2D eigenvalue weighted by Gasteiger charge is 2.40. The number of carbonyl (C=O) groups excluding carboxylic acids is 1. The average Bonchev–Trinajstić information content (AvgIpc) is 2.33. The second-order valence-corrected chi connectivity index (χ2v) is 5.51. The van der Waals surface area contributed by atoms with Gasteiger partial charge in [-0.15, -0.1) is 0 Å². The smallest absolute Gasteiger partial charge is 0.152 e. The largest absolute Gasteiger partial charge is 0.372 e. The first kappa shape index (κ1) is 13.1. The zero-order valence-corrected chi connectivity index (χ0v) is 11.5. The molecule has 3 heteroatoms. The number of anilines is 1. The van der Waals surface area contributed by atoms with Crippen LogP contribution in [0.2, 0.25) is 0 Å². The lowest BCUT2D eigenvalue weighted by molar-refractivity contribution is 0.0683. The average molecular weight is 246 g/mol. The topological polar surface area (TPSA) is 23.6 Å². The molecule has 1 saturated carbocycles. The van der Waals surface area contributed by atoms with E-state index in [1.165, 1.54) is 19.3 Å². The summed E-state index contributed by atoms with van der Waals surface area (Å²) in [5.41, 5.74) is 2.08. The van der Waals surface area contributed by atoms with Crippen molar-refractivity contribution in [3.8, 4) is 0 Å². The molecule has 0 amide bonds. The molecular formula is C15H22N2O. The number of likely N-dealkylation sites (N-methyl/N-ethyl adjacent to an activating group) is 2. The standard InChI is InChI=1S/C15H22N2O/c1-16(2)15(9-6-10-15)12-17(3)14-8-5-4-7-13(14)11-18/h4-5,7-8,11H,6,9-10,12H2,1-3H3. The molecule has 0 spiro atoms. The van der Waals surface area contributed by atoms with Crippen LogP contribution in [-0.2, 0) is 0 Å². The Kier molecular flexibility index (Phi) is 3.71. The van der Waals surface area contributed by atoms with Gasteiger partial charge in [0.15, 0.2) is 6.29 Å². The van der Waals surface area contributed by atoms with Gasteiger partial charge >= 0.3 is 0 Å². The molecule has 0 N–H and O–H groups in total. The highest BCUT2D eigenvalue weighted by atomic mass is 16.1. The first-order valence-corrected chi connectivity index (χ1v) is 6.52. The summed E-state index contributed by atoms with van der Waals surface area (Å²) >= 11 is 0. The second-order valence-electron chi connectivity index (χ2n) is 5.51. The maximum Gasteiger partial charge on any atom is 0.152 e. The number of benzene rings is 1. The molecule has 18 heavy (non-hydrogen) atoms. The van der Waals surface area contributed by atoms with Crippen LogP contribution < -0.4 is 4.90 Å². The maximum atomic E-state index is 11.1. The summed E-state index contributed by atoms with van der Waals surface area (Å²) in [6, 6.07) is 7.79. The van der Waals surface area contributed by atoms with E-state index in [0.717, 1.165) is 24.1 Å². The molecule has 1 aromatic rings. The Morgan fingerprint density at radius 2 is 1.89 bits per heavy atom. The van der Waals surface area contributed by atoms with Gasteiger partial charge < -0.3 is 9.80 Å². The van der Waals surface area contributed by atoms with Crippen molar-refractivity contribution in [2.75, 3.05) is 32.6 Å². The van der Waals surface area contributed by atoms with Crippen molar-refractivity contribution in [3.05, 3.63) is 29.8 Å². The minimum atomic E-state index is 0.282. The predicted molar refractivity (Wildman–Crippen MR) is 75.4 cm³/mol. The molecule has 2 rings (SSSR count). The zero-order valence-electron chi connectivity index (χ0n) is 11.5. The fraction of sp³-hybridized carbons (Fsp3) is 0.533. The van der Waals surface area contributed by atoms with Gasteiger partial charge in [0.25, 0.3) is 0 Å². The molecule has 0 radical (unpaired) electrons.